The maximum Gasteiger partial charge on any atom is 0.0870 e. The number of aliphatic hydroxyl groups excluding tert-OH is 1. The molecule has 1 N–H and O–H groups in total. The number of nitrogens with zero attached hydrogens (tertiary/aromatic N) is 1. The highest BCUT2D eigenvalue weighted by Crippen LogP contribution is 2.37. The summed E-state index contributed by atoms with van der Waals surface area (Å²) in [6, 6.07) is 0. The Hall–Kier alpha value is 0.01000. The van der Waals surface area contributed by atoms with Crippen molar-refractivity contribution in [3.8, 4) is 0 Å². The van der Waals surface area contributed by atoms with E-state index in [9.17, 15) is 5.11 Å². The first-order valence-corrected chi connectivity index (χ1v) is 8.85. The molecule has 2 nitrogen and oxygen atoms in total. The highest BCUT2D eigenvalue weighted by molar-refractivity contribution is 8.04. The third-order valence-corrected chi connectivity index (χ3v) is 5.87. The van der Waals surface area contributed by atoms with Crippen LogP contribution in [-0.4, -0.2) is 41.0 Å². The molecule has 0 saturated carbocycles. The Morgan fingerprint density at radius 3 is 2.63 bits per heavy atom. The van der Waals surface area contributed by atoms with Gasteiger partial charge < -0.3 is 10.0 Å². The second-order valence-electron chi connectivity index (χ2n) is 6.13. The average molecular weight is 283 g/mol. The molecule has 1 fully saturated rings. The second kappa shape index (κ2) is 7.70. The van der Waals surface area contributed by atoms with Crippen LogP contribution in [0.25, 0.3) is 0 Å². The van der Waals surface area contributed by atoms with Crippen molar-refractivity contribution in [1.29, 1.82) is 0 Å². The van der Waals surface area contributed by atoms with Crippen molar-refractivity contribution in [1.82, 2.24) is 4.90 Å². The molecule has 2 heterocycles. The molecular weight excluding hydrogens is 254 g/mol. The Balaban J connectivity index is 1.77. The number of allylic oxidation sites excluding steroid dienone is 1. The molecule has 0 aromatic rings. The zero-order valence-electron chi connectivity index (χ0n) is 12.5. The minimum Gasteiger partial charge on any atom is -0.388 e. The average Bonchev–Trinajstić information content (AvgIpc) is 2.73. The Labute approximate surface area is 122 Å². The minimum atomic E-state index is -0.232. The molecule has 2 rings (SSSR count). The summed E-state index contributed by atoms with van der Waals surface area (Å²) in [5.74, 6) is 0.385. The first-order chi connectivity index (χ1) is 9.20. The van der Waals surface area contributed by atoms with Gasteiger partial charge in [0.05, 0.1) is 6.10 Å². The van der Waals surface area contributed by atoms with Crippen LogP contribution in [0.4, 0.5) is 0 Å². The Morgan fingerprint density at radius 2 is 2.00 bits per heavy atom. The maximum atomic E-state index is 10.3. The van der Waals surface area contributed by atoms with Crippen molar-refractivity contribution < 1.29 is 5.11 Å². The van der Waals surface area contributed by atoms with Crippen LogP contribution < -0.4 is 0 Å². The predicted molar refractivity (Wildman–Crippen MR) is 84.4 cm³/mol. The SMILES string of the molecule is CCC(C)C(O)C1=CCC(CN2CCCCCC2)S1. The van der Waals surface area contributed by atoms with E-state index >= 15 is 0 Å². The zero-order chi connectivity index (χ0) is 13.7. The van der Waals surface area contributed by atoms with E-state index < -0.39 is 0 Å². The van der Waals surface area contributed by atoms with E-state index in [0.717, 1.165) is 12.8 Å². The highest BCUT2D eigenvalue weighted by Gasteiger charge is 2.27. The van der Waals surface area contributed by atoms with E-state index in [1.807, 2.05) is 11.8 Å². The van der Waals surface area contributed by atoms with Crippen LogP contribution >= 0.6 is 11.8 Å². The van der Waals surface area contributed by atoms with Crippen LogP contribution in [0.15, 0.2) is 11.0 Å². The van der Waals surface area contributed by atoms with E-state index in [2.05, 4.69) is 24.8 Å². The summed E-state index contributed by atoms with van der Waals surface area (Å²) in [7, 11) is 0. The molecule has 3 atom stereocenters. The van der Waals surface area contributed by atoms with Gasteiger partial charge in [-0.3, -0.25) is 0 Å². The summed E-state index contributed by atoms with van der Waals surface area (Å²) in [5, 5.41) is 11.0. The van der Waals surface area contributed by atoms with Crippen molar-refractivity contribution in [3.63, 3.8) is 0 Å². The van der Waals surface area contributed by atoms with Crippen molar-refractivity contribution in [2.24, 2.45) is 5.92 Å². The lowest BCUT2D eigenvalue weighted by atomic mass is 10.0. The number of aliphatic hydroxyl groups is 1. The molecule has 3 unspecified atom stereocenters. The van der Waals surface area contributed by atoms with Crippen LogP contribution in [0.1, 0.15) is 52.4 Å². The fraction of sp³-hybridized carbons (Fsp3) is 0.875. The summed E-state index contributed by atoms with van der Waals surface area (Å²) in [6.07, 6.45) is 9.79. The summed E-state index contributed by atoms with van der Waals surface area (Å²) in [4.78, 5) is 3.87. The quantitative estimate of drug-likeness (QED) is 0.833. The molecular formula is C16H29NOS. The summed E-state index contributed by atoms with van der Waals surface area (Å²) in [6.45, 7) is 8.06. The third kappa shape index (κ3) is 4.51. The van der Waals surface area contributed by atoms with Gasteiger partial charge in [-0.1, -0.05) is 39.2 Å². The summed E-state index contributed by atoms with van der Waals surface area (Å²) >= 11 is 1.93. The smallest absolute Gasteiger partial charge is 0.0870 e. The summed E-state index contributed by atoms with van der Waals surface area (Å²) < 4.78 is 0. The Kier molecular flexibility index (Phi) is 6.24. The van der Waals surface area contributed by atoms with Gasteiger partial charge >= 0.3 is 0 Å². The molecule has 0 amide bonds. The van der Waals surface area contributed by atoms with Gasteiger partial charge in [0, 0.05) is 16.7 Å². The third-order valence-electron chi connectivity index (χ3n) is 4.52. The molecule has 0 spiro atoms. The fourth-order valence-electron chi connectivity index (χ4n) is 2.95. The van der Waals surface area contributed by atoms with Crippen molar-refractivity contribution >= 4 is 11.8 Å². The second-order valence-corrected chi connectivity index (χ2v) is 7.50. The molecule has 0 bridgehead atoms. The van der Waals surface area contributed by atoms with Gasteiger partial charge in [0.2, 0.25) is 0 Å². The molecule has 0 aliphatic carbocycles. The predicted octanol–water partition coefficient (Wildman–Crippen LogP) is 3.66. The highest BCUT2D eigenvalue weighted by atomic mass is 32.2. The lowest BCUT2D eigenvalue weighted by molar-refractivity contribution is 0.156. The zero-order valence-corrected chi connectivity index (χ0v) is 13.3. The van der Waals surface area contributed by atoms with Gasteiger partial charge in [-0.25, -0.2) is 0 Å². The van der Waals surface area contributed by atoms with Crippen LogP contribution in [0.5, 0.6) is 0 Å². The topological polar surface area (TPSA) is 23.5 Å². The van der Waals surface area contributed by atoms with Crippen LogP contribution in [-0.2, 0) is 0 Å². The lowest BCUT2D eigenvalue weighted by Gasteiger charge is -2.24. The van der Waals surface area contributed by atoms with Gasteiger partial charge in [-0.2, -0.15) is 0 Å². The first-order valence-electron chi connectivity index (χ1n) is 7.97. The maximum absolute atomic E-state index is 10.3. The lowest BCUT2D eigenvalue weighted by Crippen LogP contribution is -2.31. The van der Waals surface area contributed by atoms with E-state index in [1.54, 1.807) is 0 Å². The molecule has 3 heteroatoms. The van der Waals surface area contributed by atoms with Gasteiger partial charge in [0.15, 0.2) is 0 Å². The molecule has 2 aliphatic heterocycles. The number of thioether (sulfide) groups is 1. The van der Waals surface area contributed by atoms with Gasteiger partial charge in [0.1, 0.15) is 0 Å². The van der Waals surface area contributed by atoms with Crippen LogP contribution in [0, 0.1) is 5.92 Å². The van der Waals surface area contributed by atoms with Gasteiger partial charge in [0.25, 0.3) is 0 Å². The normalized spacial score (nSPS) is 28.8. The molecule has 0 aromatic heterocycles. The van der Waals surface area contributed by atoms with Gasteiger partial charge in [-0.15, -0.1) is 11.8 Å². The first kappa shape index (κ1) is 15.4. The Bertz CT molecular complexity index is 297. The van der Waals surface area contributed by atoms with Gasteiger partial charge in [-0.05, 0) is 38.3 Å². The molecule has 1 saturated heterocycles. The molecule has 0 radical (unpaired) electrons. The van der Waals surface area contributed by atoms with E-state index in [-0.39, 0.29) is 6.10 Å². The van der Waals surface area contributed by atoms with E-state index in [4.69, 9.17) is 0 Å². The van der Waals surface area contributed by atoms with Crippen LogP contribution in [0.3, 0.4) is 0 Å². The van der Waals surface area contributed by atoms with Crippen molar-refractivity contribution in [2.75, 3.05) is 19.6 Å². The number of hydrogen-bond donors (Lipinski definition) is 1. The Morgan fingerprint density at radius 1 is 1.32 bits per heavy atom. The van der Waals surface area contributed by atoms with E-state index in [0.29, 0.717) is 11.2 Å². The van der Waals surface area contributed by atoms with Crippen LogP contribution in [0.2, 0.25) is 0 Å². The van der Waals surface area contributed by atoms with Crippen molar-refractivity contribution in [2.45, 2.75) is 63.7 Å². The molecule has 2 aliphatic rings. The minimum absolute atomic E-state index is 0.232. The summed E-state index contributed by atoms with van der Waals surface area (Å²) in [5.41, 5.74) is 0. The molecule has 19 heavy (non-hydrogen) atoms. The molecule has 110 valence electrons. The van der Waals surface area contributed by atoms with Crippen molar-refractivity contribution in [3.05, 3.63) is 11.0 Å². The molecule has 0 aromatic carbocycles. The monoisotopic (exact) mass is 283 g/mol. The largest absolute Gasteiger partial charge is 0.388 e. The van der Waals surface area contributed by atoms with E-state index in [1.165, 1.54) is 50.2 Å². The number of likely N-dealkylation sites (tertiary alicyclic amines) is 1. The standard InChI is InChI=1S/C16H29NOS/c1-3-13(2)16(18)15-9-8-14(19-15)12-17-10-6-4-5-7-11-17/h9,13-14,16,18H,3-8,10-12H2,1-2H3. The number of hydrogen-bond acceptors (Lipinski definition) is 3. The number of rotatable bonds is 5. The fourth-order valence-corrected chi connectivity index (χ4v) is 4.38.